The minimum Gasteiger partial charge on any atom is -0.447 e. The van der Waals surface area contributed by atoms with Gasteiger partial charge in [-0.2, -0.15) is 5.10 Å². The lowest BCUT2D eigenvalue weighted by molar-refractivity contribution is 0.0607. The van der Waals surface area contributed by atoms with Gasteiger partial charge in [0.05, 0.1) is 29.1 Å². The van der Waals surface area contributed by atoms with Crippen molar-refractivity contribution in [3.05, 3.63) is 52.3 Å². The Morgan fingerprint density at radius 2 is 2.00 bits per heavy atom. The number of likely N-dealkylation sites (tertiary alicyclic amines) is 1. The Morgan fingerprint density at radius 1 is 1.18 bits per heavy atom. The maximum absolute atomic E-state index is 13.9. The molecule has 4 heterocycles. The number of halogens is 1. The molecule has 2 aliphatic heterocycles. The van der Waals surface area contributed by atoms with Gasteiger partial charge in [-0.15, -0.1) is 0 Å². The molecule has 2 aromatic heterocycles. The molecule has 10 nitrogen and oxygen atoms in total. The molecule has 3 N–H and O–H groups in total. The Kier molecular flexibility index (Phi) is 7.45. The molecule has 0 saturated carbocycles. The second-order valence-electron chi connectivity index (χ2n) is 10.4. The van der Waals surface area contributed by atoms with Crippen LogP contribution in [0.3, 0.4) is 0 Å². The monoisotopic (exact) mass is 539 g/mol. The first-order valence-corrected chi connectivity index (χ1v) is 13.5. The molecule has 38 heavy (non-hydrogen) atoms. The zero-order chi connectivity index (χ0) is 27.0. The highest BCUT2D eigenvalue weighted by atomic mass is 35.5. The van der Waals surface area contributed by atoms with Crippen LogP contribution in [-0.4, -0.2) is 63.3 Å². The molecule has 1 aromatic carbocycles. The Bertz CT molecular complexity index is 1360. The predicted octanol–water partition coefficient (Wildman–Crippen LogP) is 4.55. The molecule has 11 heteroatoms. The van der Waals surface area contributed by atoms with E-state index in [0.29, 0.717) is 22.8 Å². The number of anilines is 2. The van der Waals surface area contributed by atoms with Crippen LogP contribution in [0, 0.1) is 6.92 Å². The number of hydrogen-bond acceptors (Lipinski definition) is 7. The summed E-state index contributed by atoms with van der Waals surface area (Å²) in [7, 11) is 0. The molecule has 2 saturated heterocycles. The Labute approximate surface area is 227 Å². The Hall–Kier alpha value is -3.37. The summed E-state index contributed by atoms with van der Waals surface area (Å²) in [6, 6.07) is 6.75. The number of piperidine rings is 1. The van der Waals surface area contributed by atoms with E-state index in [1.54, 1.807) is 36.6 Å². The quantitative estimate of drug-likeness (QED) is 0.488. The lowest BCUT2D eigenvalue weighted by Gasteiger charge is -2.35. The number of benzene rings is 1. The molecule has 2 unspecified atom stereocenters. The number of carbonyl (C=O) groups is 2. The van der Waals surface area contributed by atoms with Crippen molar-refractivity contribution >= 4 is 40.8 Å². The summed E-state index contributed by atoms with van der Waals surface area (Å²) < 4.78 is 7.00. The highest BCUT2D eigenvalue weighted by Gasteiger charge is 2.32. The average molecular weight is 540 g/mol. The third kappa shape index (κ3) is 5.42. The lowest BCUT2D eigenvalue weighted by atomic mass is 9.98. The SMILES string of the molecule is Cc1cn2nc(C3CCCCN3C(=O)c3cc(Cl)ccc3NC(=O)OC(C)C)cc2nc1N1CCC(N)C1. The number of hydrogen-bond donors (Lipinski definition) is 2. The van der Waals surface area contributed by atoms with Crippen LogP contribution < -0.4 is 16.0 Å². The van der Waals surface area contributed by atoms with Gasteiger partial charge >= 0.3 is 6.09 Å². The van der Waals surface area contributed by atoms with E-state index < -0.39 is 6.09 Å². The summed E-state index contributed by atoms with van der Waals surface area (Å²) in [5, 5.41) is 7.93. The van der Waals surface area contributed by atoms with Crippen LogP contribution in [0.2, 0.25) is 5.02 Å². The van der Waals surface area contributed by atoms with Crippen molar-refractivity contribution in [2.45, 2.75) is 64.6 Å². The minimum atomic E-state index is -0.622. The fourth-order valence-corrected chi connectivity index (χ4v) is 5.45. The van der Waals surface area contributed by atoms with Gasteiger partial charge in [0, 0.05) is 48.5 Å². The molecule has 2 atom stereocenters. The molecule has 3 aromatic rings. The van der Waals surface area contributed by atoms with E-state index in [-0.39, 0.29) is 24.1 Å². The summed E-state index contributed by atoms with van der Waals surface area (Å²) >= 11 is 6.27. The number of amides is 2. The summed E-state index contributed by atoms with van der Waals surface area (Å²) in [6.45, 7) is 7.80. The highest BCUT2D eigenvalue weighted by molar-refractivity contribution is 6.31. The zero-order valence-electron chi connectivity index (χ0n) is 22.0. The Balaban J connectivity index is 1.44. The summed E-state index contributed by atoms with van der Waals surface area (Å²) in [6.07, 6.45) is 4.66. The van der Waals surface area contributed by atoms with Gasteiger partial charge in [-0.05, 0) is 64.7 Å². The van der Waals surface area contributed by atoms with E-state index in [1.807, 2.05) is 24.1 Å². The third-order valence-electron chi connectivity index (χ3n) is 7.04. The van der Waals surface area contributed by atoms with E-state index >= 15 is 0 Å². The van der Waals surface area contributed by atoms with Gasteiger partial charge in [-0.1, -0.05) is 11.6 Å². The first-order chi connectivity index (χ1) is 18.2. The van der Waals surface area contributed by atoms with Crippen LogP contribution >= 0.6 is 11.6 Å². The van der Waals surface area contributed by atoms with E-state index in [0.717, 1.165) is 61.5 Å². The van der Waals surface area contributed by atoms with E-state index in [1.165, 1.54) is 0 Å². The van der Waals surface area contributed by atoms with Crippen molar-refractivity contribution in [3.8, 4) is 0 Å². The number of nitrogens with zero attached hydrogens (tertiary/aromatic N) is 5. The van der Waals surface area contributed by atoms with Crippen LogP contribution in [0.5, 0.6) is 0 Å². The van der Waals surface area contributed by atoms with E-state index in [2.05, 4.69) is 10.2 Å². The third-order valence-corrected chi connectivity index (χ3v) is 7.28. The fraction of sp³-hybridized carbons (Fsp3) is 0.481. The van der Waals surface area contributed by atoms with Crippen LogP contribution in [-0.2, 0) is 4.74 Å². The van der Waals surface area contributed by atoms with E-state index in [4.69, 9.17) is 32.2 Å². The second-order valence-corrected chi connectivity index (χ2v) is 10.8. The molecule has 2 fully saturated rings. The minimum absolute atomic E-state index is 0.160. The number of carbonyl (C=O) groups excluding carboxylic acids is 2. The molecule has 202 valence electrons. The van der Waals surface area contributed by atoms with Crippen LogP contribution in [0.1, 0.15) is 67.2 Å². The molecule has 5 rings (SSSR count). The topological polar surface area (TPSA) is 118 Å². The zero-order valence-corrected chi connectivity index (χ0v) is 22.7. The van der Waals surface area contributed by atoms with Gasteiger partial charge in [-0.25, -0.2) is 14.3 Å². The van der Waals surface area contributed by atoms with Crippen LogP contribution in [0.25, 0.3) is 5.65 Å². The molecular formula is C27H34ClN7O3. The highest BCUT2D eigenvalue weighted by Crippen LogP contribution is 2.34. The lowest BCUT2D eigenvalue weighted by Crippen LogP contribution is -2.39. The predicted molar refractivity (Wildman–Crippen MR) is 147 cm³/mol. The number of aryl methyl sites for hydroxylation is 1. The molecule has 2 amide bonds. The first kappa shape index (κ1) is 26.2. The van der Waals surface area contributed by atoms with Crippen molar-refractivity contribution in [2.75, 3.05) is 29.9 Å². The van der Waals surface area contributed by atoms with Gasteiger partial charge in [0.1, 0.15) is 5.82 Å². The summed E-state index contributed by atoms with van der Waals surface area (Å²) in [4.78, 5) is 35.1. The Morgan fingerprint density at radius 3 is 2.74 bits per heavy atom. The molecule has 0 bridgehead atoms. The maximum atomic E-state index is 13.9. The van der Waals surface area contributed by atoms with Crippen LogP contribution in [0.4, 0.5) is 16.3 Å². The number of ether oxygens (including phenoxy) is 1. The maximum Gasteiger partial charge on any atom is 0.411 e. The summed E-state index contributed by atoms with van der Waals surface area (Å²) in [5.74, 6) is 0.710. The summed E-state index contributed by atoms with van der Waals surface area (Å²) in [5.41, 5.74) is 9.35. The molecular weight excluding hydrogens is 506 g/mol. The number of fused-ring (bicyclic) bond motifs is 1. The van der Waals surface area contributed by atoms with Crippen molar-refractivity contribution in [3.63, 3.8) is 0 Å². The normalized spacial score (nSPS) is 19.8. The smallest absolute Gasteiger partial charge is 0.411 e. The number of nitrogens with one attached hydrogen (secondary N) is 1. The average Bonchev–Trinajstić information content (AvgIpc) is 3.49. The van der Waals surface area contributed by atoms with Gasteiger partial charge in [-0.3, -0.25) is 10.1 Å². The van der Waals surface area contributed by atoms with Crippen molar-refractivity contribution in [2.24, 2.45) is 5.73 Å². The fourth-order valence-electron chi connectivity index (χ4n) is 5.27. The van der Waals surface area contributed by atoms with Gasteiger partial charge < -0.3 is 20.3 Å². The van der Waals surface area contributed by atoms with Crippen molar-refractivity contribution in [1.29, 1.82) is 0 Å². The van der Waals surface area contributed by atoms with Crippen molar-refractivity contribution in [1.82, 2.24) is 19.5 Å². The standard InChI is InChI=1S/C27H34ClN7O3/c1-16(2)38-27(37)30-21-8-7-18(28)12-20(21)26(36)34-10-5-4-6-23(34)22-13-24-31-25(17(3)14-35(24)32-22)33-11-9-19(29)15-33/h7-8,12-14,16,19,23H,4-6,9-11,15,29H2,1-3H3,(H,30,37). The number of rotatable bonds is 5. The number of aromatic nitrogens is 3. The molecule has 2 aliphatic rings. The largest absolute Gasteiger partial charge is 0.447 e. The van der Waals surface area contributed by atoms with Gasteiger partial charge in [0.15, 0.2) is 5.65 Å². The van der Waals surface area contributed by atoms with Crippen molar-refractivity contribution < 1.29 is 14.3 Å². The van der Waals surface area contributed by atoms with Gasteiger partial charge in [0.25, 0.3) is 5.91 Å². The first-order valence-electron chi connectivity index (χ1n) is 13.1. The molecule has 0 aliphatic carbocycles. The number of nitrogens with two attached hydrogens (primary N) is 1. The van der Waals surface area contributed by atoms with Gasteiger partial charge in [0.2, 0.25) is 0 Å². The molecule has 0 spiro atoms. The molecule has 0 radical (unpaired) electrons. The second kappa shape index (κ2) is 10.8. The van der Waals surface area contributed by atoms with E-state index in [9.17, 15) is 9.59 Å². The van der Waals surface area contributed by atoms with Crippen LogP contribution in [0.15, 0.2) is 30.5 Å².